The number of carbonyl (C=O) groups excluding carboxylic acids is 2. The van der Waals surface area contributed by atoms with Gasteiger partial charge in [-0.15, -0.1) is 0 Å². The predicted molar refractivity (Wildman–Crippen MR) is 88.4 cm³/mol. The predicted octanol–water partition coefficient (Wildman–Crippen LogP) is 3.40. The molecule has 23 heavy (non-hydrogen) atoms. The molecule has 3 nitrogen and oxygen atoms in total. The van der Waals surface area contributed by atoms with E-state index in [0.717, 1.165) is 16.7 Å². The lowest BCUT2D eigenvalue weighted by molar-refractivity contribution is -0.133. The Labute approximate surface area is 136 Å². The molecular formula is C20H20O3. The molecule has 0 radical (unpaired) electrons. The fraction of sp³-hybridized carbons (Fsp3) is 0.300. The van der Waals surface area contributed by atoms with Gasteiger partial charge in [0, 0.05) is 12.8 Å². The Morgan fingerprint density at radius 2 is 1.30 bits per heavy atom. The third kappa shape index (κ3) is 3.34. The van der Waals surface area contributed by atoms with Gasteiger partial charge in [-0.05, 0) is 43.0 Å². The molecule has 0 heterocycles. The number of hydrogen-bond acceptors (Lipinski definition) is 3. The van der Waals surface area contributed by atoms with Gasteiger partial charge in [0.25, 0.3) is 0 Å². The van der Waals surface area contributed by atoms with E-state index in [1.54, 1.807) is 24.3 Å². The summed E-state index contributed by atoms with van der Waals surface area (Å²) >= 11 is 0. The number of Topliss-reactive ketones (excluding diaryl/α,β-unsaturated/α-hetero) is 2. The van der Waals surface area contributed by atoms with Crippen LogP contribution in [0.5, 0.6) is 5.75 Å². The Kier molecular flexibility index (Phi) is 4.03. The van der Waals surface area contributed by atoms with Crippen molar-refractivity contribution >= 4 is 11.6 Å². The molecular weight excluding hydrogens is 288 g/mol. The first-order chi connectivity index (χ1) is 11.0. The maximum absolute atomic E-state index is 12.6. The number of benzene rings is 2. The molecule has 0 atom stereocenters. The minimum atomic E-state index is -0.775. The van der Waals surface area contributed by atoms with Gasteiger partial charge in [0.05, 0.1) is 5.41 Å². The lowest BCUT2D eigenvalue weighted by Crippen LogP contribution is -2.28. The van der Waals surface area contributed by atoms with Crippen molar-refractivity contribution in [2.75, 3.05) is 0 Å². The molecule has 3 heteroatoms. The summed E-state index contributed by atoms with van der Waals surface area (Å²) in [4.78, 5) is 25.2. The average Bonchev–Trinajstić information content (AvgIpc) is 3.34. The van der Waals surface area contributed by atoms with Gasteiger partial charge >= 0.3 is 0 Å². The van der Waals surface area contributed by atoms with Crippen molar-refractivity contribution < 1.29 is 14.7 Å². The van der Waals surface area contributed by atoms with Gasteiger partial charge in [0.15, 0.2) is 11.6 Å². The van der Waals surface area contributed by atoms with Crippen LogP contribution in [0, 0.1) is 12.3 Å². The standard InChI is InChI=1S/C20H20O3/c1-14-2-4-15(5-3-14)12-18(22)20(10-11-20)19(23)13-16-6-8-17(21)9-7-16/h2-9,21H,10-13H2,1H3. The van der Waals surface area contributed by atoms with Gasteiger partial charge < -0.3 is 5.11 Å². The van der Waals surface area contributed by atoms with Crippen molar-refractivity contribution in [3.8, 4) is 5.75 Å². The molecule has 0 saturated heterocycles. The Morgan fingerprint density at radius 1 is 0.870 bits per heavy atom. The lowest BCUT2D eigenvalue weighted by Gasteiger charge is -2.13. The molecule has 0 unspecified atom stereocenters. The molecule has 118 valence electrons. The first kappa shape index (κ1) is 15.5. The Hall–Kier alpha value is -2.42. The van der Waals surface area contributed by atoms with Crippen LogP contribution in [0.2, 0.25) is 0 Å². The van der Waals surface area contributed by atoms with Crippen LogP contribution in [0.25, 0.3) is 0 Å². The fourth-order valence-electron chi connectivity index (χ4n) is 2.87. The molecule has 2 aromatic rings. The highest BCUT2D eigenvalue weighted by molar-refractivity contribution is 6.10. The van der Waals surface area contributed by atoms with Gasteiger partial charge in [0.1, 0.15) is 5.75 Å². The van der Waals surface area contributed by atoms with Crippen LogP contribution in [-0.2, 0) is 22.4 Å². The smallest absolute Gasteiger partial charge is 0.150 e. The highest BCUT2D eigenvalue weighted by Gasteiger charge is 2.54. The largest absolute Gasteiger partial charge is 0.508 e. The van der Waals surface area contributed by atoms with E-state index in [-0.39, 0.29) is 23.7 Å². The van der Waals surface area contributed by atoms with E-state index in [1.807, 2.05) is 31.2 Å². The first-order valence-corrected chi connectivity index (χ1v) is 7.90. The molecule has 0 aliphatic heterocycles. The van der Waals surface area contributed by atoms with Gasteiger partial charge in [-0.25, -0.2) is 0 Å². The maximum atomic E-state index is 12.6. The van der Waals surface area contributed by atoms with Crippen LogP contribution in [0.3, 0.4) is 0 Å². The summed E-state index contributed by atoms with van der Waals surface area (Å²) in [5, 5.41) is 9.30. The Bertz CT molecular complexity index is 661. The van der Waals surface area contributed by atoms with Crippen molar-refractivity contribution in [2.45, 2.75) is 32.6 Å². The number of ketones is 2. The van der Waals surface area contributed by atoms with Crippen LogP contribution in [0.15, 0.2) is 48.5 Å². The summed E-state index contributed by atoms with van der Waals surface area (Å²) in [6, 6.07) is 14.5. The molecule has 0 aromatic heterocycles. The third-order valence-electron chi connectivity index (χ3n) is 4.60. The molecule has 0 spiro atoms. The minimum absolute atomic E-state index is 0.000279. The zero-order valence-corrected chi connectivity index (χ0v) is 13.2. The summed E-state index contributed by atoms with van der Waals surface area (Å²) < 4.78 is 0. The monoisotopic (exact) mass is 308 g/mol. The summed E-state index contributed by atoms with van der Waals surface area (Å²) in [5.41, 5.74) is 2.18. The quantitative estimate of drug-likeness (QED) is 0.832. The highest BCUT2D eigenvalue weighted by atomic mass is 16.3. The van der Waals surface area contributed by atoms with Crippen LogP contribution in [0.4, 0.5) is 0 Å². The topological polar surface area (TPSA) is 54.4 Å². The van der Waals surface area contributed by atoms with Crippen LogP contribution >= 0.6 is 0 Å². The third-order valence-corrected chi connectivity index (χ3v) is 4.60. The molecule has 1 fully saturated rings. The Balaban J connectivity index is 1.68. The van der Waals surface area contributed by atoms with E-state index in [1.165, 1.54) is 0 Å². The van der Waals surface area contributed by atoms with E-state index >= 15 is 0 Å². The van der Waals surface area contributed by atoms with Gasteiger partial charge in [-0.1, -0.05) is 42.0 Å². The highest BCUT2D eigenvalue weighted by Crippen LogP contribution is 2.48. The number of phenols is 1. The average molecular weight is 308 g/mol. The zero-order valence-electron chi connectivity index (χ0n) is 13.2. The van der Waals surface area contributed by atoms with Crippen LogP contribution in [-0.4, -0.2) is 16.7 Å². The van der Waals surface area contributed by atoms with Crippen LogP contribution < -0.4 is 0 Å². The Morgan fingerprint density at radius 3 is 1.74 bits per heavy atom. The van der Waals surface area contributed by atoms with E-state index < -0.39 is 5.41 Å². The molecule has 1 aliphatic rings. The van der Waals surface area contributed by atoms with E-state index in [9.17, 15) is 14.7 Å². The summed E-state index contributed by atoms with van der Waals surface area (Å²) in [5.74, 6) is 0.211. The zero-order chi connectivity index (χ0) is 16.4. The van der Waals surface area contributed by atoms with Crippen molar-refractivity contribution in [1.29, 1.82) is 0 Å². The number of aromatic hydroxyl groups is 1. The normalized spacial score (nSPS) is 15.2. The van der Waals surface area contributed by atoms with Gasteiger partial charge in [-0.3, -0.25) is 9.59 Å². The number of carbonyl (C=O) groups is 2. The number of rotatable bonds is 6. The number of phenolic OH excluding ortho intramolecular Hbond substituents is 1. The van der Waals surface area contributed by atoms with Crippen molar-refractivity contribution in [1.82, 2.24) is 0 Å². The second-order valence-corrected chi connectivity index (χ2v) is 6.43. The molecule has 0 bridgehead atoms. The fourth-order valence-corrected chi connectivity index (χ4v) is 2.87. The van der Waals surface area contributed by atoms with Gasteiger partial charge in [-0.2, -0.15) is 0 Å². The first-order valence-electron chi connectivity index (χ1n) is 7.90. The van der Waals surface area contributed by atoms with Crippen molar-refractivity contribution in [3.05, 3.63) is 65.2 Å². The van der Waals surface area contributed by atoms with Crippen LogP contribution in [0.1, 0.15) is 29.5 Å². The number of hydrogen-bond donors (Lipinski definition) is 1. The van der Waals surface area contributed by atoms with Crippen molar-refractivity contribution in [3.63, 3.8) is 0 Å². The summed E-state index contributed by atoms with van der Waals surface area (Å²) in [6.45, 7) is 2.01. The SMILES string of the molecule is Cc1ccc(CC(=O)C2(C(=O)Cc3ccc(O)cc3)CC2)cc1. The van der Waals surface area contributed by atoms with E-state index in [0.29, 0.717) is 19.3 Å². The summed E-state index contributed by atoms with van der Waals surface area (Å²) in [7, 11) is 0. The van der Waals surface area contributed by atoms with E-state index in [2.05, 4.69) is 0 Å². The molecule has 3 rings (SSSR count). The molecule has 1 N–H and O–H groups in total. The molecule has 2 aromatic carbocycles. The molecule has 1 saturated carbocycles. The lowest BCUT2D eigenvalue weighted by atomic mass is 9.88. The molecule has 1 aliphatic carbocycles. The second kappa shape index (κ2) is 5.99. The van der Waals surface area contributed by atoms with Crippen molar-refractivity contribution in [2.24, 2.45) is 5.41 Å². The molecule has 0 amide bonds. The second-order valence-electron chi connectivity index (χ2n) is 6.43. The van der Waals surface area contributed by atoms with Gasteiger partial charge in [0.2, 0.25) is 0 Å². The van der Waals surface area contributed by atoms with E-state index in [4.69, 9.17) is 0 Å². The number of aryl methyl sites for hydroxylation is 1. The summed E-state index contributed by atoms with van der Waals surface area (Å²) in [6.07, 6.45) is 1.89. The maximum Gasteiger partial charge on any atom is 0.150 e. The minimum Gasteiger partial charge on any atom is -0.508 e.